The maximum Gasteiger partial charge on any atom is 0.190 e. The normalized spacial score (nSPS) is 18.0. The molecule has 0 saturated heterocycles. The number of hydrogen-bond donors (Lipinski definition) is 2. The lowest BCUT2D eigenvalue weighted by molar-refractivity contribution is -0.125. The molecular formula is C21H24ClNO4. The van der Waals surface area contributed by atoms with Crippen LogP contribution in [-0.4, -0.2) is 36.2 Å². The fourth-order valence-corrected chi connectivity index (χ4v) is 3.21. The number of hydrogen-bond acceptors (Lipinski definition) is 5. The molecule has 0 unspecified atom stereocenters. The van der Waals surface area contributed by atoms with Gasteiger partial charge in [0.1, 0.15) is 6.61 Å². The molecule has 3 rings (SSSR count). The largest absolute Gasteiger partial charge is 0.485 e. The smallest absolute Gasteiger partial charge is 0.190 e. The number of halogens is 1. The minimum atomic E-state index is -0.616. The summed E-state index contributed by atoms with van der Waals surface area (Å²) in [6.45, 7) is 4.24. The van der Waals surface area contributed by atoms with Gasteiger partial charge in [-0.05, 0) is 55.7 Å². The second-order valence-electron chi connectivity index (χ2n) is 6.89. The first-order chi connectivity index (χ1) is 12.9. The van der Waals surface area contributed by atoms with Gasteiger partial charge in [0.2, 0.25) is 0 Å². The zero-order chi connectivity index (χ0) is 19.4. The SMILES string of the molecule is CC(=O)[C@H]1COc2cc(C[C@@H](C)NC[C@H](O)c3cccc(Cl)c3)ccc2O1. The Labute approximate surface area is 164 Å². The molecule has 0 radical (unpaired) electrons. The number of benzene rings is 2. The zero-order valence-electron chi connectivity index (χ0n) is 15.4. The first-order valence-electron chi connectivity index (χ1n) is 9.02. The van der Waals surface area contributed by atoms with E-state index in [1.807, 2.05) is 30.3 Å². The van der Waals surface area contributed by atoms with E-state index in [2.05, 4.69) is 12.2 Å². The molecule has 1 heterocycles. The molecule has 0 spiro atoms. The Kier molecular flexibility index (Phi) is 6.37. The van der Waals surface area contributed by atoms with Gasteiger partial charge < -0.3 is 19.9 Å². The average Bonchev–Trinajstić information content (AvgIpc) is 2.65. The molecule has 2 N–H and O–H groups in total. The van der Waals surface area contributed by atoms with Gasteiger partial charge in [0.05, 0.1) is 6.10 Å². The van der Waals surface area contributed by atoms with Gasteiger partial charge in [0.15, 0.2) is 23.4 Å². The second kappa shape index (κ2) is 8.74. The van der Waals surface area contributed by atoms with E-state index in [0.717, 1.165) is 17.5 Å². The lowest BCUT2D eigenvalue weighted by Crippen LogP contribution is -2.35. The summed E-state index contributed by atoms with van der Waals surface area (Å²) in [7, 11) is 0. The van der Waals surface area contributed by atoms with Crippen molar-refractivity contribution in [3.05, 3.63) is 58.6 Å². The Morgan fingerprint density at radius 1 is 1.30 bits per heavy atom. The molecule has 0 aromatic heterocycles. The van der Waals surface area contributed by atoms with Crippen LogP contribution in [0.5, 0.6) is 11.5 Å². The number of fused-ring (bicyclic) bond motifs is 1. The molecule has 27 heavy (non-hydrogen) atoms. The van der Waals surface area contributed by atoms with Crippen LogP contribution in [0.3, 0.4) is 0 Å². The molecule has 2 aromatic carbocycles. The monoisotopic (exact) mass is 389 g/mol. The minimum absolute atomic E-state index is 0.0409. The fraction of sp³-hybridized carbons (Fsp3) is 0.381. The van der Waals surface area contributed by atoms with Crippen LogP contribution in [0, 0.1) is 0 Å². The quantitative estimate of drug-likeness (QED) is 0.760. The predicted octanol–water partition coefficient (Wildman–Crippen LogP) is 3.32. The molecule has 1 aliphatic heterocycles. The summed E-state index contributed by atoms with van der Waals surface area (Å²) in [4.78, 5) is 11.4. The predicted molar refractivity (Wildman–Crippen MR) is 105 cm³/mol. The third kappa shape index (κ3) is 5.22. The molecule has 2 aromatic rings. The van der Waals surface area contributed by atoms with Crippen molar-refractivity contribution in [1.82, 2.24) is 5.32 Å². The standard InChI is InChI=1S/C21H24ClNO4/c1-13(23-11-18(25)16-4-3-5-17(22)10-16)8-15-6-7-19-20(9-15)26-12-21(27-19)14(2)24/h3-7,9-10,13,18,21,23,25H,8,11-12H2,1-2H3/t13-,18+,21-/m1/s1. The number of carbonyl (C=O) groups excluding carboxylic acids is 1. The lowest BCUT2D eigenvalue weighted by atomic mass is 10.0. The van der Waals surface area contributed by atoms with Gasteiger partial charge in [-0.2, -0.15) is 0 Å². The Hall–Kier alpha value is -2.08. The molecule has 1 aliphatic rings. The summed E-state index contributed by atoms with van der Waals surface area (Å²) in [6, 6.07) is 13.2. The molecule has 144 valence electrons. The number of ketones is 1. The first-order valence-corrected chi connectivity index (χ1v) is 9.40. The summed E-state index contributed by atoms with van der Waals surface area (Å²) in [6.07, 6.45) is -0.374. The summed E-state index contributed by atoms with van der Waals surface area (Å²) in [5.41, 5.74) is 1.89. The van der Waals surface area contributed by atoms with Crippen molar-refractivity contribution >= 4 is 17.4 Å². The van der Waals surface area contributed by atoms with Gasteiger partial charge >= 0.3 is 0 Å². The number of ether oxygens (including phenoxy) is 2. The van der Waals surface area contributed by atoms with Gasteiger partial charge in [0.25, 0.3) is 0 Å². The maximum atomic E-state index is 11.4. The average molecular weight is 390 g/mol. The van der Waals surface area contributed by atoms with Crippen LogP contribution >= 0.6 is 11.6 Å². The maximum absolute atomic E-state index is 11.4. The van der Waals surface area contributed by atoms with E-state index in [4.69, 9.17) is 21.1 Å². The zero-order valence-corrected chi connectivity index (χ0v) is 16.2. The number of nitrogens with one attached hydrogen (secondary N) is 1. The fourth-order valence-electron chi connectivity index (χ4n) is 3.01. The van der Waals surface area contributed by atoms with Gasteiger partial charge in [-0.15, -0.1) is 0 Å². The van der Waals surface area contributed by atoms with Gasteiger partial charge in [0, 0.05) is 17.6 Å². The third-order valence-corrected chi connectivity index (χ3v) is 4.79. The van der Waals surface area contributed by atoms with Gasteiger partial charge in [-0.1, -0.05) is 29.8 Å². The summed E-state index contributed by atoms with van der Waals surface area (Å²) < 4.78 is 11.3. The van der Waals surface area contributed by atoms with E-state index >= 15 is 0 Å². The van der Waals surface area contributed by atoms with Crippen LogP contribution in [0.4, 0.5) is 0 Å². The van der Waals surface area contributed by atoms with Crippen molar-refractivity contribution < 1.29 is 19.4 Å². The minimum Gasteiger partial charge on any atom is -0.485 e. The molecule has 6 heteroatoms. The van der Waals surface area contributed by atoms with Crippen LogP contribution in [-0.2, 0) is 11.2 Å². The van der Waals surface area contributed by atoms with Crippen LogP contribution in [0.25, 0.3) is 0 Å². The molecular weight excluding hydrogens is 366 g/mol. The van der Waals surface area contributed by atoms with E-state index < -0.39 is 12.2 Å². The van der Waals surface area contributed by atoms with Gasteiger partial charge in [-0.25, -0.2) is 0 Å². The number of carbonyl (C=O) groups is 1. The van der Waals surface area contributed by atoms with E-state index in [0.29, 0.717) is 23.1 Å². The summed E-state index contributed by atoms with van der Waals surface area (Å²) in [5, 5.41) is 14.3. The molecule has 3 atom stereocenters. The van der Waals surface area contributed by atoms with E-state index in [-0.39, 0.29) is 18.4 Å². The Bertz CT molecular complexity index is 811. The highest BCUT2D eigenvalue weighted by Crippen LogP contribution is 2.33. The van der Waals surface area contributed by atoms with Crippen molar-refractivity contribution in [2.24, 2.45) is 0 Å². The highest BCUT2D eigenvalue weighted by molar-refractivity contribution is 6.30. The van der Waals surface area contributed by atoms with Crippen molar-refractivity contribution in [2.75, 3.05) is 13.2 Å². The molecule has 5 nitrogen and oxygen atoms in total. The van der Waals surface area contributed by atoms with E-state index in [9.17, 15) is 9.90 Å². The summed E-state index contributed by atoms with van der Waals surface area (Å²) in [5.74, 6) is 1.22. The Morgan fingerprint density at radius 2 is 2.11 bits per heavy atom. The number of Topliss-reactive ketones (excluding diaryl/α,β-unsaturated/α-hetero) is 1. The van der Waals surface area contributed by atoms with Crippen LogP contribution in [0.2, 0.25) is 5.02 Å². The lowest BCUT2D eigenvalue weighted by Gasteiger charge is -2.25. The molecule has 0 amide bonds. The number of aliphatic hydroxyl groups is 1. The van der Waals surface area contributed by atoms with E-state index in [1.165, 1.54) is 6.92 Å². The van der Waals surface area contributed by atoms with Crippen molar-refractivity contribution in [3.8, 4) is 11.5 Å². The number of aliphatic hydroxyl groups excluding tert-OH is 1. The summed E-state index contributed by atoms with van der Waals surface area (Å²) >= 11 is 5.97. The second-order valence-corrected chi connectivity index (χ2v) is 7.33. The Balaban J connectivity index is 1.54. The van der Waals surface area contributed by atoms with Crippen LogP contribution < -0.4 is 14.8 Å². The first kappa shape index (κ1) is 19.7. The third-order valence-electron chi connectivity index (χ3n) is 4.56. The van der Waals surface area contributed by atoms with Crippen molar-refractivity contribution in [2.45, 2.75) is 38.5 Å². The Morgan fingerprint density at radius 3 is 2.85 bits per heavy atom. The highest BCUT2D eigenvalue weighted by atomic mass is 35.5. The highest BCUT2D eigenvalue weighted by Gasteiger charge is 2.24. The number of rotatable bonds is 7. The molecule has 0 aliphatic carbocycles. The molecule has 0 bridgehead atoms. The molecule has 0 fully saturated rings. The van der Waals surface area contributed by atoms with Crippen LogP contribution in [0.1, 0.15) is 31.1 Å². The van der Waals surface area contributed by atoms with Crippen molar-refractivity contribution in [1.29, 1.82) is 0 Å². The molecule has 0 saturated carbocycles. The van der Waals surface area contributed by atoms with Gasteiger partial charge in [-0.3, -0.25) is 4.79 Å². The topological polar surface area (TPSA) is 67.8 Å². The van der Waals surface area contributed by atoms with Crippen LogP contribution in [0.15, 0.2) is 42.5 Å². The van der Waals surface area contributed by atoms with E-state index in [1.54, 1.807) is 12.1 Å². The van der Waals surface area contributed by atoms with Crippen molar-refractivity contribution in [3.63, 3.8) is 0 Å².